The molecule has 1 saturated carbocycles. The maximum atomic E-state index is 16.0. The third-order valence-electron chi connectivity index (χ3n) is 8.86. The van der Waals surface area contributed by atoms with Gasteiger partial charge in [0.25, 0.3) is 5.91 Å². The van der Waals surface area contributed by atoms with Gasteiger partial charge >= 0.3 is 6.18 Å². The second-order valence-electron chi connectivity index (χ2n) is 11.5. The summed E-state index contributed by atoms with van der Waals surface area (Å²) in [6.07, 6.45) is 0.687. The van der Waals surface area contributed by atoms with E-state index < -0.39 is 54.5 Å². The van der Waals surface area contributed by atoms with Crippen LogP contribution in [0.4, 0.5) is 17.6 Å². The summed E-state index contributed by atoms with van der Waals surface area (Å²) in [5.41, 5.74) is -1.47. The van der Waals surface area contributed by atoms with Crippen LogP contribution >= 0.6 is 0 Å². The summed E-state index contributed by atoms with van der Waals surface area (Å²) in [7, 11) is 0. The number of likely N-dealkylation sites (tertiary alicyclic amines) is 1. The number of halogens is 4. The molecule has 3 aliphatic rings. The largest absolute Gasteiger partial charge is 0.420 e. The Morgan fingerprint density at radius 3 is 2.67 bits per heavy atom. The van der Waals surface area contributed by atoms with E-state index in [2.05, 4.69) is 20.4 Å². The highest BCUT2D eigenvalue weighted by Crippen LogP contribution is 2.42. The number of β-amino-alcohol motifs (C(OH)–C–C–N with tert-alkyl or cyclic N) is 1. The van der Waals surface area contributed by atoms with Crippen LogP contribution in [-0.4, -0.2) is 75.0 Å². The van der Waals surface area contributed by atoms with E-state index in [-0.39, 0.29) is 36.1 Å². The standard InChI is InChI=1S/C28H31F4N5O5/c1-2-19-18(11-42-36-19)25(38)35-22(14-5-3-4-6-14)24-33-20-8-7-15(21(29)23(20)34-24)16-9-41-10-17(16)26(39)37-12-27(40,13-37)28(30,31)32/h7-8,11,14,16-17,22,40H,2-6,9-10,12-13H2,1H3,(H,33,34)(H,35,38)/t16-,17-,22+/m1/s1. The zero-order valence-corrected chi connectivity index (χ0v) is 22.8. The number of aryl methyl sites for hydroxylation is 1. The number of carbonyl (C=O) groups is 2. The number of amides is 2. The average molecular weight is 594 g/mol. The zero-order chi connectivity index (χ0) is 29.8. The van der Waals surface area contributed by atoms with Gasteiger partial charge in [-0.05, 0) is 36.8 Å². The quantitative estimate of drug-likeness (QED) is 0.355. The van der Waals surface area contributed by atoms with Gasteiger partial charge < -0.3 is 29.6 Å². The number of nitrogens with one attached hydrogen (secondary N) is 2. The van der Waals surface area contributed by atoms with E-state index in [1.165, 1.54) is 12.3 Å². The molecule has 3 aromatic rings. The molecule has 42 heavy (non-hydrogen) atoms. The van der Waals surface area contributed by atoms with E-state index in [1.807, 2.05) is 6.92 Å². The average Bonchev–Trinajstić information content (AvgIpc) is 3.75. The normalized spacial score (nSPS) is 23.3. The highest BCUT2D eigenvalue weighted by atomic mass is 19.4. The van der Waals surface area contributed by atoms with Crippen molar-refractivity contribution in [2.75, 3.05) is 26.3 Å². The first-order chi connectivity index (χ1) is 20.0. The van der Waals surface area contributed by atoms with E-state index in [4.69, 9.17) is 9.26 Å². The smallest absolute Gasteiger partial charge is 0.380 e. The number of carbonyl (C=O) groups excluding carboxylic acids is 2. The van der Waals surface area contributed by atoms with E-state index in [0.717, 1.165) is 30.6 Å². The van der Waals surface area contributed by atoms with Crippen LogP contribution in [0.3, 0.4) is 0 Å². The van der Waals surface area contributed by atoms with Gasteiger partial charge in [-0.1, -0.05) is 31.0 Å². The number of ether oxygens (including phenoxy) is 1. The summed E-state index contributed by atoms with van der Waals surface area (Å²) < 4.78 is 65.7. The molecule has 1 aliphatic carbocycles. The zero-order valence-electron chi connectivity index (χ0n) is 22.8. The lowest BCUT2D eigenvalue weighted by atomic mass is 9.84. The molecule has 2 aliphatic heterocycles. The van der Waals surface area contributed by atoms with Crippen LogP contribution in [0.15, 0.2) is 22.9 Å². The number of fused-ring (bicyclic) bond motifs is 1. The molecule has 2 aromatic heterocycles. The van der Waals surface area contributed by atoms with Crippen molar-refractivity contribution >= 4 is 22.8 Å². The predicted molar refractivity (Wildman–Crippen MR) is 139 cm³/mol. The third kappa shape index (κ3) is 4.83. The first kappa shape index (κ1) is 28.6. The number of nitrogens with zero attached hydrogens (tertiary/aromatic N) is 3. The maximum absolute atomic E-state index is 16.0. The van der Waals surface area contributed by atoms with Crippen LogP contribution in [0, 0.1) is 17.7 Å². The Hall–Kier alpha value is -3.52. The molecule has 6 rings (SSSR count). The molecule has 0 bridgehead atoms. The van der Waals surface area contributed by atoms with Crippen molar-refractivity contribution in [3.05, 3.63) is 46.9 Å². The minimum Gasteiger partial charge on any atom is -0.380 e. The van der Waals surface area contributed by atoms with E-state index >= 15 is 4.39 Å². The number of aromatic amines is 1. The van der Waals surface area contributed by atoms with Crippen LogP contribution in [-0.2, 0) is 16.0 Å². The summed E-state index contributed by atoms with van der Waals surface area (Å²) in [5, 5.41) is 16.7. The Kier molecular flexibility index (Phi) is 7.24. The van der Waals surface area contributed by atoms with Crippen molar-refractivity contribution < 1.29 is 41.5 Å². The van der Waals surface area contributed by atoms with Crippen LogP contribution < -0.4 is 5.32 Å². The van der Waals surface area contributed by atoms with E-state index in [1.54, 1.807) is 6.07 Å². The van der Waals surface area contributed by atoms with Crippen LogP contribution in [0.25, 0.3) is 11.0 Å². The maximum Gasteiger partial charge on any atom is 0.420 e. The number of benzene rings is 1. The fourth-order valence-corrected chi connectivity index (χ4v) is 6.39. The SMILES string of the molecule is CCc1nocc1C(=O)N[C@H](c1nc2c(F)c([C@H]3COC[C@H]3C(=O)N3CC(O)(C(F)(F)F)C3)ccc2[nH]1)C1CCCC1. The number of alkyl halides is 3. The highest BCUT2D eigenvalue weighted by molar-refractivity contribution is 5.95. The van der Waals surface area contributed by atoms with Crippen molar-refractivity contribution in [1.82, 2.24) is 25.3 Å². The Balaban J connectivity index is 1.26. The molecule has 2 saturated heterocycles. The van der Waals surface area contributed by atoms with Crippen LogP contribution in [0.2, 0.25) is 0 Å². The summed E-state index contributed by atoms with van der Waals surface area (Å²) in [6, 6.07) is 2.64. The number of H-pyrrole nitrogens is 1. The highest BCUT2D eigenvalue weighted by Gasteiger charge is 2.62. The van der Waals surface area contributed by atoms with Crippen molar-refractivity contribution in [2.24, 2.45) is 11.8 Å². The molecule has 4 heterocycles. The molecule has 3 N–H and O–H groups in total. The van der Waals surface area contributed by atoms with Gasteiger partial charge in [-0.2, -0.15) is 13.2 Å². The first-order valence-electron chi connectivity index (χ1n) is 14.1. The molecule has 14 heteroatoms. The van der Waals surface area contributed by atoms with Crippen molar-refractivity contribution in [3.63, 3.8) is 0 Å². The van der Waals surface area contributed by atoms with Crippen LogP contribution in [0.5, 0.6) is 0 Å². The third-order valence-corrected chi connectivity index (χ3v) is 8.86. The molecule has 0 spiro atoms. The Morgan fingerprint density at radius 1 is 1.24 bits per heavy atom. The van der Waals surface area contributed by atoms with Gasteiger partial charge in [-0.3, -0.25) is 9.59 Å². The second kappa shape index (κ2) is 10.6. The summed E-state index contributed by atoms with van der Waals surface area (Å²) in [6.45, 7) is 0.0540. The molecule has 1 aromatic carbocycles. The number of rotatable bonds is 7. The van der Waals surface area contributed by atoms with Gasteiger partial charge in [0.2, 0.25) is 5.91 Å². The minimum atomic E-state index is -4.85. The Bertz CT molecular complexity index is 1490. The lowest BCUT2D eigenvalue weighted by Crippen LogP contribution is -2.71. The topological polar surface area (TPSA) is 134 Å². The lowest BCUT2D eigenvalue weighted by Gasteiger charge is -2.47. The van der Waals surface area contributed by atoms with Gasteiger partial charge in [-0.25, -0.2) is 9.37 Å². The van der Waals surface area contributed by atoms with Crippen molar-refractivity contribution in [2.45, 2.75) is 62.8 Å². The number of aromatic nitrogens is 3. The molecule has 3 fully saturated rings. The van der Waals surface area contributed by atoms with Crippen molar-refractivity contribution in [3.8, 4) is 0 Å². The molecule has 226 valence electrons. The van der Waals surface area contributed by atoms with Crippen LogP contribution in [0.1, 0.15) is 72.0 Å². The Morgan fingerprint density at radius 2 is 1.98 bits per heavy atom. The molecule has 0 radical (unpaired) electrons. The summed E-state index contributed by atoms with van der Waals surface area (Å²) in [4.78, 5) is 34.9. The fourth-order valence-electron chi connectivity index (χ4n) is 6.39. The molecule has 3 atom stereocenters. The molecular weight excluding hydrogens is 562 g/mol. The predicted octanol–water partition coefficient (Wildman–Crippen LogP) is 3.78. The van der Waals surface area contributed by atoms with E-state index in [0.29, 0.717) is 29.0 Å². The second-order valence-corrected chi connectivity index (χ2v) is 11.5. The number of imidazole rings is 1. The molecule has 2 amide bonds. The van der Waals surface area contributed by atoms with Gasteiger partial charge in [0, 0.05) is 5.92 Å². The van der Waals surface area contributed by atoms with Gasteiger partial charge in [0.15, 0.2) is 11.4 Å². The molecular formula is C28H31F4N5O5. The van der Waals surface area contributed by atoms with Crippen molar-refractivity contribution in [1.29, 1.82) is 0 Å². The first-order valence-corrected chi connectivity index (χ1v) is 14.1. The number of aliphatic hydroxyl groups is 1. The summed E-state index contributed by atoms with van der Waals surface area (Å²) >= 11 is 0. The number of hydrogen-bond acceptors (Lipinski definition) is 7. The molecule has 0 unspecified atom stereocenters. The number of hydrogen-bond donors (Lipinski definition) is 3. The summed E-state index contributed by atoms with van der Waals surface area (Å²) in [5.74, 6) is -2.82. The lowest BCUT2D eigenvalue weighted by molar-refractivity contribution is -0.298. The fraction of sp³-hybridized carbons (Fsp3) is 0.571. The van der Waals surface area contributed by atoms with E-state index in [9.17, 15) is 27.9 Å². The minimum absolute atomic E-state index is 0.00669. The monoisotopic (exact) mass is 593 g/mol. The van der Waals surface area contributed by atoms with Gasteiger partial charge in [0.05, 0.1) is 49.5 Å². The van der Waals surface area contributed by atoms with Gasteiger partial charge in [0.1, 0.15) is 23.2 Å². The molecule has 10 nitrogen and oxygen atoms in total. The van der Waals surface area contributed by atoms with Gasteiger partial charge in [-0.15, -0.1) is 0 Å². The Labute approximate surface area is 237 Å².